The van der Waals surface area contributed by atoms with Crippen molar-refractivity contribution < 1.29 is 19.0 Å². The maximum Gasteiger partial charge on any atom is 0.251 e. The van der Waals surface area contributed by atoms with Crippen molar-refractivity contribution in [1.82, 2.24) is 4.90 Å². The van der Waals surface area contributed by atoms with E-state index in [-0.39, 0.29) is 17.8 Å². The Morgan fingerprint density at radius 2 is 2.04 bits per heavy atom. The fraction of sp³-hybridized carbons (Fsp3) is 0.333. The average molecular weight is 360 g/mol. The van der Waals surface area contributed by atoms with Gasteiger partial charge in [-0.05, 0) is 36.9 Å². The lowest BCUT2D eigenvalue weighted by Crippen LogP contribution is -2.44. The molecule has 25 heavy (non-hydrogen) atoms. The first-order valence-corrected chi connectivity index (χ1v) is 9.13. The Morgan fingerprint density at radius 1 is 1.28 bits per heavy atom. The standard InChI is InChI=1S/C18H20N2O4S/c1-2-19(17(21)13-25-18-9-5-6-10-20(18)22)11-14-12-23-15-7-3-4-8-16(15)24-14/h3-10,14H,2,11-13H2,1H3/t14-/m0/s1. The fourth-order valence-electron chi connectivity index (χ4n) is 2.56. The van der Waals surface area contributed by atoms with Crippen LogP contribution >= 0.6 is 11.8 Å². The number of hydrogen-bond donors (Lipinski definition) is 0. The van der Waals surface area contributed by atoms with Gasteiger partial charge in [-0.1, -0.05) is 12.1 Å². The molecule has 132 valence electrons. The summed E-state index contributed by atoms with van der Waals surface area (Å²) in [6.07, 6.45) is 1.22. The largest absolute Gasteiger partial charge is 0.618 e. The molecule has 6 nitrogen and oxygen atoms in total. The number of ether oxygens (including phenoxy) is 2. The van der Waals surface area contributed by atoms with Crippen LogP contribution in [0.25, 0.3) is 0 Å². The van der Waals surface area contributed by atoms with Crippen LogP contribution in [0.1, 0.15) is 6.92 Å². The highest BCUT2D eigenvalue weighted by atomic mass is 32.2. The van der Waals surface area contributed by atoms with Crippen molar-refractivity contribution in [3.8, 4) is 11.5 Å². The number of nitrogens with zero attached hydrogens (tertiary/aromatic N) is 2. The number of thioether (sulfide) groups is 1. The van der Waals surface area contributed by atoms with Crippen LogP contribution < -0.4 is 14.2 Å². The Balaban J connectivity index is 1.55. The minimum Gasteiger partial charge on any atom is -0.618 e. The van der Waals surface area contributed by atoms with E-state index >= 15 is 0 Å². The monoisotopic (exact) mass is 360 g/mol. The first-order chi connectivity index (χ1) is 12.2. The number of para-hydroxylation sites is 2. The number of carbonyl (C=O) groups is 1. The molecular weight excluding hydrogens is 340 g/mol. The van der Waals surface area contributed by atoms with Crippen molar-refractivity contribution in [2.75, 3.05) is 25.4 Å². The van der Waals surface area contributed by atoms with Crippen LogP contribution in [0.5, 0.6) is 11.5 Å². The van der Waals surface area contributed by atoms with Crippen LogP contribution in [0.3, 0.4) is 0 Å². The summed E-state index contributed by atoms with van der Waals surface area (Å²) in [6.45, 7) is 3.37. The first kappa shape index (κ1) is 17.4. The summed E-state index contributed by atoms with van der Waals surface area (Å²) in [5.41, 5.74) is 0. The molecule has 2 aromatic rings. The molecule has 0 saturated heterocycles. The Hall–Kier alpha value is -2.41. The van der Waals surface area contributed by atoms with Gasteiger partial charge < -0.3 is 19.6 Å². The number of benzene rings is 1. The van der Waals surface area contributed by atoms with Crippen molar-refractivity contribution in [1.29, 1.82) is 0 Å². The lowest BCUT2D eigenvalue weighted by Gasteiger charge is -2.30. The molecule has 0 radical (unpaired) electrons. The zero-order valence-electron chi connectivity index (χ0n) is 14.0. The third-order valence-electron chi connectivity index (χ3n) is 3.86. The summed E-state index contributed by atoms with van der Waals surface area (Å²) in [4.78, 5) is 14.2. The Labute approximate surface area is 150 Å². The molecule has 2 heterocycles. The molecule has 0 spiro atoms. The van der Waals surface area contributed by atoms with E-state index in [2.05, 4.69) is 0 Å². The molecule has 0 saturated carbocycles. The van der Waals surface area contributed by atoms with Gasteiger partial charge in [0.15, 0.2) is 23.8 Å². The summed E-state index contributed by atoms with van der Waals surface area (Å²) in [5.74, 6) is 1.62. The third-order valence-corrected chi connectivity index (χ3v) is 4.86. The van der Waals surface area contributed by atoms with Crippen molar-refractivity contribution in [3.05, 3.63) is 53.9 Å². The summed E-state index contributed by atoms with van der Waals surface area (Å²) in [5, 5.41) is 12.2. The molecule has 1 amide bonds. The molecule has 1 aliphatic rings. The second-order valence-corrected chi connectivity index (χ2v) is 6.58. The Kier molecular flexibility index (Phi) is 5.65. The highest BCUT2D eigenvalue weighted by molar-refractivity contribution is 7.99. The zero-order chi connectivity index (χ0) is 17.6. The molecule has 1 atom stereocenters. The van der Waals surface area contributed by atoms with Crippen LogP contribution in [0.2, 0.25) is 0 Å². The molecule has 7 heteroatoms. The first-order valence-electron chi connectivity index (χ1n) is 8.14. The molecule has 0 unspecified atom stereocenters. The summed E-state index contributed by atoms with van der Waals surface area (Å²) in [6, 6.07) is 12.7. The van der Waals surface area contributed by atoms with E-state index in [1.165, 1.54) is 18.0 Å². The predicted octanol–water partition coefficient (Wildman–Crippen LogP) is 2.10. The van der Waals surface area contributed by atoms with Crippen molar-refractivity contribution >= 4 is 17.7 Å². The second kappa shape index (κ2) is 8.11. The van der Waals surface area contributed by atoms with Gasteiger partial charge in [0.05, 0.1) is 12.3 Å². The van der Waals surface area contributed by atoms with Gasteiger partial charge in [-0.25, -0.2) is 0 Å². The van der Waals surface area contributed by atoms with Gasteiger partial charge in [0, 0.05) is 18.7 Å². The minimum absolute atomic E-state index is 0.0289. The lowest BCUT2D eigenvalue weighted by atomic mass is 10.2. The average Bonchev–Trinajstić information content (AvgIpc) is 2.65. The highest BCUT2D eigenvalue weighted by Crippen LogP contribution is 2.31. The van der Waals surface area contributed by atoms with E-state index in [1.54, 1.807) is 23.1 Å². The maximum atomic E-state index is 12.5. The normalized spacial score (nSPS) is 15.6. The fourth-order valence-corrected chi connectivity index (χ4v) is 3.37. The highest BCUT2D eigenvalue weighted by Gasteiger charge is 2.25. The van der Waals surface area contributed by atoms with Crippen molar-refractivity contribution in [3.63, 3.8) is 0 Å². The van der Waals surface area contributed by atoms with E-state index in [9.17, 15) is 10.0 Å². The maximum absolute atomic E-state index is 12.5. The van der Waals surface area contributed by atoms with E-state index in [4.69, 9.17) is 9.47 Å². The molecule has 1 aromatic heterocycles. The molecule has 1 aliphatic heterocycles. The number of fused-ring (bicyclic) bond motifs is 1. The van der Waals surface area contributed by atoms with Crippen LogP contribution in [0.15, 0.2) is 53.7 Å². The second-order valence-electron chi connectivity index (χ2n) is 5.58. The van der Waals surface area contributed by atoms with Gasteiger partial charge >= 0.3 is 0 Å². The van der Waals surface area contributed by atoms with Gasteiger partial charge in [-0.2, -0.15) is 4.73 Å². The Morgan fingerprint density at radius 3 is 2.80 bits per heavy atom. The number of amides is 1. The van der Waals surface area contributed by atoms with Gasteiger partial charge in [-0.3, -0.25) is 4.79 Å². The number of aromatic nitrogens is 1. The lowest BCUT2D eigenvalue weighted by molar-refractivity contribution is -0.645. The molecule has 0 N–H and O–H groups in total. The summed E-state index contributed by atoms with van der Waals surface area (Å²) < 4.78 is 12.4. The molecule has 0 bridgehead atoms. The quantitative estimate of drug-likeness (QED) is 0.448. The van der Waals surface area contributed by atoms with Crippen molar-refractivity contribution in [2.24, 2.45) is 0 Å². The number of hydrogen-bond acceptors (Lipinski definition) is 5. The molecular formula is C18H20N2O4S. The van der Waals surface area contributed by atoms with Gasteiger partial charge in [0.2, 0.25) is 5.91 Å². The number of likely N-dealkylation sites (N-methyl/N-ethyl adjacent to an activating group) is 1. The van der Waals surface area contributed by atoms with Gasteiger partial charge in [-0.15, -0.1) is 0 Å². The zero-order valence-corrected chi connectivity index (χ0v) is 14.8. The molecule has 0 fully saturated rings. The third kappa shape index (κ3) is 4.36. The summed E-state index contributed by atoms with van der Waals surface area (Å²) in [7, 11) is 0. The van der Waals surface area contributed by atoms with E-state index in [1.807, 2.05) is 31.2 Å². The number of rotatable bonds is 6. The van der Waals surface area contributed by atoms with Gasteiger partial charge in [0.1, 0.15) is 6.61 Å². The SMILES string of the molecule is CCN(C[C@H]1COc2ccccc2O1)C(=O)CSc1cccc[n+]1[O-]. The molecule has 1 aromatic carbocycles. The van der Waals surface area contributed by atoms with Crippen LogP contribution in [0.4, 0.5) is 0 Å². The van der Waals surface area contributed by atoms with Crippen LogP contribution in [-0.2, 0) is 4.79 Å². The van der Waals surface area contributed by atoms with E-state index in [0.717, 1.165) is 10.5 Å². The van der Waals surface area contributed by atoms with Crippen LogP contribution in [0, 0.1) is 5.21 Å². The topological polar surface area (TPSA) is 65.7 Å². The van der Waals surface area contributed by atoms with Gasteiger partial charge in [0.25, 0.3) is 5.03 Å². The molecule has 3 rings (SSSR count). The minimum atomic E-state index is -0.204. The van der Waals surface area contributed by atoms with Crippen molar-refractivity contribution in [2.45, 2.75) is 18.1 Å². The van der Waals surface area contributed by atoms with Crippen LogP contribution in [-0.4, -0.2) is 42.4 Å². The number of carbonyl (C=O) groups excluding carboxylic acids is 1. The van der Waals surface area contributed by atoms with E-state index in [0.29, 0.717) is 30.5 Å². The Bertz CT molecular complexity index is 741. The van der Waals surface area contributed by atoms with E-state index < -0.39 is 0 Å². The number of pyridine rings is 1. The molecule has 0 aliphatic carbocycles. The predicted molar refractivity (Wildman–Crippen MR) is 94.7 cm³/mol. The summed E-state index contributed by atoms with van der Waals surface area (Å²) >= 11 is 1.24. The smallest absolute Gasteiger partial charge is 0.251 e.